The number of rotatable bonds is 4. The average Bonchev–Trinajstić information content (AvgIpc) is 3.37. The molecule has 6 aromatic rings. The molecule has 3 heterocycles. The molecule has 1 aliphatic carbocycles. The Hall–Kier alpha value is -5.02. The van der Waals surface area contributed by atoms with Crippen LogP contribution < -0.4 is 25.1 Å². The van der Waals surface area contributed by atoms with E-state index in [1.165, 1.54) is 116 Å². The predicted octanol–water partition coefficient (Wildman–Crippen LogP) is 10.3. The van der Waals surface area contributed by atoms with Crippen molar-refractivity contribution in [2.45, 2.75) is 63.7 Å². The van der Waals surface area contributed by atoms with Crippen molar-refractivity contribution in [2.75, 3.05) is 40.9 Å². The van der Waals surface area contributed by atoms with Gasteiger partial charge in [0.25, 0.3) is 0 Å². The van der Waals surface area contributed by atoms with Crippen molar-refractivity contribution in [3.05, 3.63) is 136 Å². The lowest BCUT2D eigenvalue weighted by Gasteiger charge is -2.34. The largest absolute Gasteiger partial charge is 0.372 e. The van der Waals surface area contributed by atoms with Crippen LogP contribution in [0.5, 0.6) is 0 Å². The minimum absolute atomic E-state index is 0.292. The number of nitrogens with zero attached hydrogens (tertiary/aromatic N) is 3. The number of para-hydroxylation sites is 2. The van der Waals surface area contributed by atoms with Crippen LogP contribution in [0.4, 0.5) is 28.4 Å². The average molecular weight is 666 g/mol. The number of hydrogen-bond acceptors (Lipinski definition) is 3. The summed E-state index contributed by atoms with van der Waals surface area (Å²) in [6, 6.07) is 42.3. The molecule has 0 spiro atoms. The van der Waals surface area contributed by atoms with E-state index in [0.29, 0.717) is 5.92 Å². The van der Waals surface area contributed by atoms with Gasteiger partial charge in [-0.25, -0.2) is 0 Å². The SMILES string of the molecule is C1=c2ccccc2=CC(c2c3cc(N4CCCCC4)ccc3c(N3c4ccccc4CCc4ccccc43)c3cc(N4CCCCC4)ccc23)C1. The standard InChI is InChI=1S/C48H47N3/c1-9-27-49(28-10-1)39-24-26-42-43(32-39)47(38-22-19-34-13-3-4-16-37(34)31-38)41-25-23-40(50-29-11-2-12-30-50)33-44(41)48(42)51-45-17-7-5-14-35(45)20-21-36-15-6-8-18-46(36)51/h3-8,13-19,23-26,31-33,38H,1-2,9-12,20-22,27-30H2. The Bertz CT molecular complexity index is 2350. The van der Waals surface area contributed by atoms with Gasteiger partial charge in [0, 0.05) is 65.6 Å². The van der Waals surface area contributed by atoms with Gasteiger partial charge in [-0.2, -0.15) is 0 Å². The molecule has 3 nitrogen and oxygen atoms in total. The maximum absolute atomic E-state index is 2.65. The smallest absolute Gasteiger partial charge is 0.0619 e. The molecule has 2 saturated heterocycles. The Morgan fingerprint density at radius 2 is 1.02 bits per heavy atom. The summed E-state index contributed by atoms with van der Waals surface area (Å²) in [7, 11) is 0. The summed E-state index contributed by atoms with van der Waals surface area (Å²) in [5.41, 5.74) is 11.0. The third kappa shape index (κ3) is 5.41. The zero-order valence-electron chi connectivity index (χ0n) is 29.7. The summed E-state index contributed by atoms with van der Waals surface area (Å²) >= 11 is 0. The Morgan fingerprint density at radius 1 is 0.471 bits per heavy atom. The van der Waals surface area contributed by atoms with Crippen LogP contribution in [0.1, 0.15) is 67.6 Å². The van der Waals surface area contributed by atoms with Crippen molar-refractivity contribution in [1.29, 1.82) is 0 Å². The number of piperidine rings is 2. The molecule has 10 rings (SSSR count). The number of aryl methyl sites for hydroxylation is 2. The predicted molar refractivity (Wildman–Crippen MR) is 218 cm³/mol. The van der Waals surface area contributed by atoms with Crippen molar-refractivity contribution in [1.82, 2.24) is 0 Å². The minimum atomic E-state index is 0.292. The molecule has 3 heteroatoms. The van der Waals surface area contributed by atoms with Gasteiger partial charge in [-0.15, -0.1) is 0 Å². The van der Waals surface area contributed by atoms with Gasteiger partial charge in [0.2, 0.25) is 0 Å². The molecule has 2 fully saturated rings. The van der Waals surface area contributed by atoms with Crippen molar-refractivity contribution >= 4 is 62.1 Å². The van der Waals surface area contributed by atoms with Crippen LogP contribution in [-0.2, 0) is 12.8 Å². The van der Waals surface area contributed by atoms with Gasteiger partial charge in [-0.05, 0) is 132 Å². The summed E-state index contributed by atoms with van der Waals surface area (Å²) in [5, 5.41) is 8.23. The zero-order valence-corrected chi connectivity index (χ0v) is 29.7. The highest BCUT2D eigenvalue weighted by Gasteiger charge is 2.29. The third-order valence-corrected chi connectivity index (χ3v) is 12.2. The summed E-state index contributed by atoms with van der Waals surface area (Å²) in [5.74, 6) is 0.292. The molecular weight excluding hydrogens is 619 g/mol. The molecule has 0 bridgehead atoms. The first-order valence-corrected chi connectivity index (χ1v) is 19.6. The fourth-order valence-electron chi connectivity index (χ4n) is 9.66. The molecule has 1 atom stereocenters. The van der Waals surface area contributed by atoms with E-state index >= 15 is 0 Å². The van der Waals surface area contributed by atoms with Crippen molar-refractivity contribution in [2.24, 2.45) is 0 Å². The summed E-state index contributed by atoms with van der Waals surface area (Å²) in [4.78, 5) is 7.92. The van der Waals surface area contributed by atoms with E-state index in [-0.39, 0.29) is 0 Å². The highest BCUT2D eigenvalue weighted by molar-refractivity contribution is 6.18. The molecule has 6 aromatic carbocycles. The van der Waals surface area contributed by atoms with Gasteiger partial charge in [0.15, 0.2) is 0 Å². The van der Waals surface area contributed by atoms with E-state index in [1.54, 1.807) is 0 Å². The van der Waals surface area contributed by atoms with Crippen LogP contribution in [-0.4, -0.2) is 26.2 Å². The highest BCUT2D eigenvalue weighted by atomic mass is 15.2. The summed E-state index contributed by atoms with van der Waals surface area (Å²) in [6.07, 6.45) is 15.9. The van der Waals surface area contributed by atoms with Gasteiger partial charge >= 0.3 is 0 Å². The maximum Gasteiger partial charge on any atom is 0.0619 e. The van der Waals surface area contributed by atoms with Gasteiger partial charge in [-0.3, -0.25) is 0 Å². The van der Waals surface area contributed by atoms with Crippen molar-refractivity contribution in [3.63, 3.8) is 0 Å². The van der Waals surface area contributed by atoms with Crippen LogP contribution in [0.15, 0.2) is 109 Å². The topological polar surface area (TPSA) is 9.72 Å². The molecule has 254 valence electrons. The van der Waals surface area contributed by atoms with Crippen LogP contribution >= 0.6 is 0 Å². The normalized spacial score (nSPS) is 18.7. The number of fused-ring (bicyclic) bond motifs is 5. The van der Waals surface area contributed by atoms with Crippen LogP contribution in [0.3, 0.4) is 0 Å². The molecule has 0 amide bonds. The van der Waals surface area contributed by atoms with E-state index in [9.17, 15) is 0 Å². The first-order valence-electron chi connectivity index (χ1n) is 19.6. The second kappa shape index (κ2) is 12.9. The summed E-state index contributed by atoms with van der Waals surface area (Å²) in [6.45, 7) is 4.56. The highest BCUT2D eigenvalue weighted by Crippen LogP contribution is 2.51. The van der Waals surface area contributed by atoms with Gasteiger partial charge in [0.1, 0.15) is 0 Å². The fourth-order valence-corrected chi connectivity index (χ4v) is 9.66. The lowest BCUT2D eigenvalue weighted by Crippen LogP contribution is -2.29. The van der Waals surface area contributed by atoms with Crippen molar-refractivity contribution in [3.8, 4) is 0 Å². The molecule has 1 unspecified atom stereocenters. The first-order chi connectivity index (χ1) is 25.3. The second-order valence-corrected chi connectivity index (χ2v) is 15.3. The van der Waals surface area contributed by atoms with Crippen LogP contribution in [0, 0.1) is 0 Å². The van der Waals surface area contributed by atoms with Crippen LogP contribution in [0.2, 0.25) is 0 Å². The van der Waals surface area contributed by atoms with Gasteiger partial charge < -0.3 is 14.7 Å². The maximum atomic E-state index is 2.65. The Labute approximate surface area is 302 Å². The van der Waals surface area contributed by atoms with E-state index in [0.717, 1.165) is 45.4 Å². The fraction of sp³-hybridized carbons (Fsp3) is 0.292. The molecule has 51 heavy (non-hydrogen) atoms. The Morgan fingerprint density at radius 3 is 1.67 bits per heavy atom. The van der Waals surface area contributed by atoms with Crippen molar-refractivity contribution < 1.29 is 0 Å². The van der Waals surface area contributed by atoms with E-state index in [4.69, 9.17) is 0 Å². The van der Waals surface area contributed by atoms with Crippen LogP contribution in [0.25, 0.3) is 33.7 Å². The van der Waals surface area contributed by atoms with Gasteiger partial charge in [-0.1, -0.05) is 84.9 Å². The monoisotopic (exact) mass is 665 g/mol. The first kappa shape index (κ1) is 30.8. The van der Waals surface area contributed by atoms with E-state index in [2.05, 4.69) is 136 Å². The molecule has 0 N–H and O–H groups in total. The quantitative estimate of drug-likeness (QED) is 0.174. The number of benzene rings is 6. The second-order valence-electron chi connectivity index (χ2n) is 15.3. The minimum Gasteiger partial charge on any atom is -0.372 e. The molecule has 0 aromatic heterocycles. The Kier molecular flexibility index (Phi) is 7.81. The lowest BCUT2D eigenvalue weighted by molar-refractivity contribution is 0.578. The molecule has 0 saturated carbocycles. The van der Waals surface area contributed by atoms with E-state index < -0.39 is 0 Å². The third-order valence-electron chi connectivity index (χ3n) is 12.2. The number of anilines is 5. The zero-order chi connectivity index (χ0) is 33.7. The lowest BCUT2D eigenvalue weighted by atomic mass is 9.82. The molecule has 4 aliphatic rings. The molecular formula is C48H47N3. The van der Waals surface area contributed by atoms with E-state index in [1.807, 2.05) is 0 Å². The Balaban J connectivity index is 1.32. The molecule has 3 aliphatic heterocycles. The molecule has 0 radical (unpaired) electrons. The number of hydrogen-bond donors (Lipinski definition) is 0. The van der Waals surface area contributed by atoms with Gasteiger partial charge in [0.05, 0.1) is 5.69 Å². The summed E-state index contributed by atoms with van der Waals surface area (Å²) < 4.78 is 0.